The second-order valence-corrected chi connectivity index (χ2v) is 3.50. The molecule has 0 aromatic heterocycles. The molecule has 0 atom stereocenters. The molecule has 1 rings (SSSR count). The van der Waals surface area contributed by atoms with Gasteiger partial charge in [-0.25, -0.2) is 4.79 Å². The highest BCUT2D eigenvalue weighted by molar-refractivity contribution is 6.30. The number of carbonyl (C=O) groups excluding carboxylic acids is 1. The predicted molar refractivity (Wildman–Crippen MR) is 62.5 cm³/mol. The quantitative estimate of drug-likeness (QED) is 0.461. The fourth-order valence-corrected chi connectivity index (χ4v) is 1.28. The molecular weight excluding hydrogens is 228 g/mol. The number of carbonyl (C=O) groups is 1. The second-order valence-electron chi connectivity index (χ2n) is 3.07. The molecule has 0 aliphatic heterocycles. The Labute approximate surface area is 99.6 Å². The van der Waals surface area contributed by atoms with Crippen LogP contribution in [-0.4, -0.2) is 12.6 Å². The van der Waals surface area contributed by atoms with Gasteiger partial charge < -0.3 is 9.47 Å². The average molecular weight is 241 g/mol. The lowest BCUT2D eigenvalue weighted by atomic mass is 10.3. The Morgan fingerprint density at radius 3 is 2.88 bits per heavy atom. The Bertz CT molecular complexity index is 399. The van der Waals surface area contributed by atoms with Gasteiger partial charge in [0.2, 0.25) is 0 Å². The molecule has 0 bridgehead atoms. The van der Waals surface area contributed by atoms with Crippen molar-refractivity contribution in [3.05, 3.63) is 41.1 Å². The maximum Gasteiger partial charge on any atom is 0.334 e. The standard InChI is InChI=1S/C12H13ClO3/c1-3-15-12(14)7-9(2)16-11-6-4-5-10(13)8-11/h4-8H,3H2,1-2H3/b9-7-. The third-order valence-electron chi connectivity index (χ3n) is 1.68. The number of esters is 1. The van der Waals surface area contributed by atoms with Crippen LogP contribution < -0.4 is 4.74 Å². The van der Waals surface area contributed by atoms with Gasteiger partial charge in [0.05, 0.1) is 12.7 Å². The molecule has 1 aromatic carbocycles. The van der Waals surface area contributed by atoms with E-state index in [1.807, 2.05) is 0 Å². The van der Waals surface area contributed by atoms with Crippen LogP contribution in [0.2, 0.25) is 5.02 Å². The zero-order valence-electron chi connectivity index (χ0n) is 9.20. The van der Waals surface area contributed by atoms with Gasteiger partial charge in [0.15, 0.2) is 0 Å². The van der Waals surface area contributed by atoms with Crippen LogP contribution in [0.5, 0.6) is 5.75 Å². The Balaban J connectivity index is 2.63. The van der Waals surface area contributed by atoms with Crippen molar-refractivity contribution in [1.82, 2.24) is 0 Å². The first-order valence-corrected chi connectivity index (χ1v) is 5.28. The summed E-state index contributed by atoms with van der Waals surface area (Å²) in [6, 6.07) is 6.95. The van der Waals surface area contributed by atoms with E-state index >= 15 is 0 Å². The van der Waals surface area contributed by atoms with Gasteiger partial charge >= 0.3 is 5.97 Å². The Morgan fingerprint density at radius 2 is 2.25 bits per heavy atom. The van der Waals surface area contributed by atoms with Crippen molar-refractivity contribution in [3.8, 4) is 5.75 Å². The predicted octanol–water partition coefficient (Wildman–Crippen LogP) is 3.19. The van der Waals surface area contributed by atoms with Crippen LogP contribution in [0.1, 0.15) is 13.8 Å². The van der Waals surface area contributed by atoms with Gasteiger partial charge in [-0.05, 0) is 32.0 Å². The van der Waals surface area contributed by atoms with E-state index in [2.05, 4.69) is 0 Å². The molecule has 0 saturated heterocycles. The lowest BCUT2D eigenvalue weighted by molar-refractivity contribution is -0.137. The molecular formula is C12H13ClO3. The highest BCUT2D eigenvalue weighted by Crippen LogP contribution is 2.19. The van der Waals surface area contributed by atoms with Gasteiger partial charge in [0.1, 0.15) is 11.5 Å². The molecule has 0 heterocycles. The van der Waals surface area contributed by atoms with E-state index < -0.39 is 5.97 Å². The number of halogens is 1. The Hall–Kier alpha value is -1.48. The number of hydrogen-bond acceptors (Lipinski definition) is 3. The van der Waals surface area contributed by atoms with Gasteiger partial charge in [-0.2, -0.15) is 0 Å². The van der Waals surface area contributed by atoms with Crippen molar-refractivity contribution in [1.29, 1.82) is 0 Å². The van der Waals surface area contributed by atoms with Crippen molar-refractivity contribution >= 4 is 17.6 Å². The molecule has 0 N–H and O–H groups in total. The number of hydrogen-bond donors (Lipinski definition) is 0. The minimum atomic E-state index is -0.415. The molecule has 1 aromatic rings. The fourth-order valence-electron chi connectivity index (χ4n) is 1.10. The van der Waals surface area contributed by atoms with Gasteiger partial charge in [-0.1, -0.05) is 17.7 Å². The minimum absolute atomic E-state index is 0.347. The summed E-state index contributed by atoms with van der Waals surface area (Å²) in [5.74, 6) is 0.633. The lowest BCUT2D eigenvalue weighted by Crippen LogP contribution is -2.02. The number of allylic oxidation sites excluding steroid dienone is 1. The Morgan fingerprint density at radius 1 is 1.50 bits per heavy atom. The zero-order valence-corrected chi connectivity index (χ0v) is 9.95. The molecule has 0 amide bonds. The molecule has 0 radical (unpaired) electrons. The van der Waals surface area contributed by atoms with Crippen LogP contribution in [0.3, 0.4) is 0 Å². The summed E-state index contributed by atoms with van der Waals surface area (Å²) >= 11 is 5.79. The highest BCUT2D eigenvalue weighted by atomic mass is 35.5. The van der Waals surface area contributed by atoms with Crippen molar-refractivity contribution in [3.63, 3.8) is 0 Å². The van der Waals surface area contributed by atoms with Crippen LogP contribution in [-0.2, 0) is 9.53 Å². The van der Waals surface area contributed by atoms with Gasteiger partial charge in [0.25, 0.3) is 0 Å². The van der Waals surface area contributed by atoms with E-state index in [1.54, 1.807) is 38.1 Å². The number of benzene rings is 1. The second kappa shape index (κ2) is 6.18. The first-order chi connectivity index (χ1) is 7.61. The first kappa shape index (κ1) is 12.6. The van der Waals surface area contributed by atoms with Crippen LogP contribution in [0.4, 0.5) is 0 Å². The summed E-state index contributed by atoms with van der Waals surface area (Å²) in [5.41, 5.74) is 0. The summed E-state index contributed by atoms with van der Waals surface area (Å²) in [6.45, 7) is 3.77. The molecule has 4 heteroatoms. The largest absolute Gasteiger partial charge is 0.463 e. The normalized spacial score (nSPS) is 11.1. The molecule has 86 valence electrons. The SMILES string of the molecule is CCOC(=O)/C=C(/C)Oc1cccc(Cl)c1. The van der Waals surface area contributed by atoms with Crippen molar-refractivity contribution in [2.45, 2.75) is 13.8 Å². The number of rotatable bonds is 4. The molecule has 0 unspecified atom stereocenters. The summed E-state index contributed by atoms with van der Waals surface area (Å²) in [7, 11) is 0. The van der Waals surface area contributed by atoms with Crippen LogP contribution >= 0.6 is 11.6 Å². The van der Waals surface area contributed by atoms with E-state index in [-0.39, 0.29) is 0 Å². The van der Waals surface area contributed by atoms with Crippen molar-refractivity contribution in [2.24, 2.45) is 0 Å². The van der Waals surface area contributed by atoms with Gasteiger partial charge in [-0.3, -0.25) is 0 Å². The van der Waals surface area contributed by atoms with E-state index in [1.165, 1.54) is 6.08 Å². The number of ether oxygens (including phenoxy) is 2. The lowest BCUT2D eigenvalue weighted by Gasteiger charge is -2.05. The van der Waals surface area contributed by atoms with Crippen molar-refractivity contribution < 1.29 is 14.3 Å². The monoisotopic (exact) mass is 240 g/mol. The van der Waals surface area contributed by atoms with Gasteiger partial charge in [0, 0.05) is 5.02 Å². The summed E-state index contributed by atoms with van der Waals surface area (Å²) < 4.78 is 10.1. The fraction of sp³-hybridized carbons (Fsp3) is 0.250. The van der Waals surface area contributed by atoms with E-state index in [0.29, 0.717) is 23.1 Å². The van der Waals surface area contributed by atoms with E-state index in [0.717, 1.165) is 0 Å². The first-order valence-electron chi connectivity index (χ1n) is 4.90. The Kier molecular flexibility index (Phi) is 4.86. The molecule has 0 aliphatic rings. The molecule has 0 fully saturated rings. The van der Waals surface area contributed by atoms with Gasteiger partial charge in [-0.15, -0.1) is 0 Å². The van der Waals surface area contributed by atoms with E-state index in [4.69, 9.17) is 21.1 Å². The zero-order chi connectivity index (χ0) is 12.0. The molecule has 16 heavy (non-hydrogen) atoms. The summed E-state index contributed by atoms with van der Waals surface area (Å²) in [5, 5.41) is 0.585. The maximum absolute atomic E-state index is 11.1. The third kappa shape index (κ3) is 4.36. The van der Waals surface area contributed by atoms with Crippen molar-refractivity contribution in [2.75, 3.05) is 6.61 Å². The third-order valence-corrected chi connectivity index (χ3v) is 1.92. The molecule has 0 aliphatic carbocycles. The average Bonchev–Trinajstić information content (AvgIpc) is 2.17. The smallest absolute Gasteiger partial charge is 0.334 e. The topological polar surface area (TPSA) is 35.5 Å². The van der Waals surface area contributed by atoms with E-state index in [9.17, 15) is 4.79 Å². The summed E-state index contributed by atoms with van der Waals surface area (Å²) in [4.78, 5) is 11.1. The summed E-state index contributed by atoms with van der Waals surface area (Å²) in [6.07, 6.45) is 1.30. The maximum atomic E-state index is 11.1. The molecule has 0 saturated carbocycles. The highest BCUT2D eigenvalue weighted by Gasteiger charge is 2.01. The van der Waals surface area contributed by atoms with Crippen LogP contribution in [0.25, 0.3) is 0 Å². The van der Waals surface area contributed by atoms with Crippen LogP contribution in [0.15, 0.2) is 36.1 Å². The van der Waals surface area contributed by atoms with Crippen LogP contribution in [0, 0.1) is 0 Å². The molecule has 3 nitrogen and oxygen atoms in total. The molecule has 0 spiro atoms. The minimum Gasteiger partial charge on any atom is -0.463 e.